The number of benzene rings is 1. The van der Waals surface area contributed by atoms with E-state index in [1.807, 2.05) is 36.6 Å². The van der Waals surface area contributed by atoms with Crippen molar-refractivity contribution in [1.82, 2.24) is 14.5 Å². The first-order valence-corrected chi connectivity index (χ1v) is 12.3. The van der Waals surface area contributed by atoms with Crippen molar-refractivity contribution in [3.8, 4) is 0 Å². The number of aromatic nitrogens is 2. The molecule has 1 aromatic carbocycles. The van der Waals surface area contributed by atoms with Gasteiger partial charge in [-0.1, -0.05) is 37.7 Å². The van der Waals surface area contributed by atoms with E-state index in [0.29, 0.717) is 6.54 Å². The third kappa shape index (κ3) is 5.98. The fourth-order valence-corrected chi connectivity index (χ4v) is 5.00. The maximum absolute atomic E-state index is 12.8. The first-order chi connectivity index (χ1) is 14.9. The molecule has 7 heteroatoms. The highest BCUT2D eigenvalue weighted by Crippen LogP contribution is 2.29. The van der Waals surface area contributed by atoms with Crippen molar-refractivity contribution in [1.29, 1.82) is 0 Å². The van der Waals surface area contributed by atoms with Gasteiger partial charge in [-0.2, -0.15) is 4.98 Å². The largest absolute Gasteiger partial charge is 0.348 e. The van der Waals surface area contributed by atoms with Gasteiger partial charge in [-0.25, -0.2) is 4.79 Å². The molecule has 31 heavy (non-hydrogen) atoms. The quantitative estimate of drug-likeness (QED) is 0.448. The van der Waals surface area contributed by atoms with Crippen LogP contribution in [0.5, 0.6) is 0 Å². The Bertz CT molecular complexity index is 982. The molecule has 1 aliphatic carbocycles. The Morgan fingerprint density at radius 1 is 1.23 bits per heavy atom. The Balaban J connectivity index is 1.66. The average Bonchev–Trinajstić information content (AvgIpc) is 3.23. The minimum absolute atomic E-state index is 0.0735. The van der Waals surface area contributed by atoms with Crippen LogP contribution in [-0.2, 0) is 24.2 Å². The van der Waals surface area contributed by atoms with Gasteiger partial charge in [0.05, 0.1) is 5.75 Å². The van der Waals surface area contributed by atoms with E-state index in [1.165, 1.54) is 11.8 Å². The van der Waals surface area contributed by atoms with Crippen LogP contribution in [0.1, 0.15) is 49.1 Å². The zero-order chi connectivity index (χ0) is 22.4. The summed E-state index contributed by atoms with van der Waals surface area (Å²) in [7, 11) is 0. The highest BCUT2D eigenvalue weighted by molar-refractivity contribution is 8.00. The van der Waals surface area contributed by atoms with Crippen LogP contribution in [0, 0.1) is 13.8 Å². The number of carbonyl (C=O) groups excluding carboxylic acids is 1. The summed E-state index contributed by atoms with van der Waals surface area (Å²) in [5, 5.41) is 3.72. The van der Waals surface area contributed by atoms with Gasteiger partial charge in [0.25, 0.3) is 0 Å². The van der Waals surface area contributed by atoms with Crippen LogP contribution in [0.15, 0.2) is 28.0 Å². The maximum Gasteiger partial charge on any atom is 0.348 e. The summed E-state index contributed by atoms with van der Waals surface area (Å²) in [6.45, 7) is 12.1. The van der Waals surface area contributed by atoms with E-state index in [2.05, 4.69) is 29.0 Å². The van der Waals surface area contributed by atoms with Crippen molar-refractivity contribution < 1.29 is 4.79 Å². The Morgan fingerprint density at radius 2 is 2.00 bits per heavy atom. The van der Waals surface area contributed by atoms with Gasteiger partial charge >= 0.3 is 5.69 Å². The molecule has 1 amide bonds. The number of hydrogen-bond donors (Lipinski definition) is 1. The normalized spacial score (nSPS) is 12.9. The lowest BCUT2D eigenvalue weighted by Crippen LogP contribution is -2.30. The lowest BCUT2D eigenvalue weighted by Gasteiger charge is -2.19. The van der Waals surface area contributed by atoms with E-state index in [0.717, 1.165) is 78.4 Å². The van der Waals surface area contributed by atoms with Crippen LogP contribution >= 0.6 is 11.8 Å². The van der Waals surface area contributed by atoms with Crippen molar-refractivity contribution >= 4 is 23.4 Å². The van der Waals surface area contributed by atoms with Gasteiger partial charge < -0.3 is 10.2 Å². The highest BCUT2D eigenvalue weighted by atomic mass is 32.2. The summed E-state index contributed by atoms with van der Waals surface area (Å²) in [6.07, 6.45) is 3.83. The fourth-order valence-electron chi connectivity index (χ4n) is 4.12. The summed E-state index contributed by atoms with van der Waals surface area (Å²) in [6, 6.07) is 6.02. The third-order valence-corrected chi connectivity index (χ3v) is 6.98. The Kier molecular flexibility index (Phi) is 8.32. The van der Waals surface area contributed by atoms with E-state index in [-0.39, 0.29) is 17.3 Å². The number of fused-ring (bicyclic) bond motifs is 1. The van der Waals surface area contributed by atoms with Crippen molar-refractivity contribution in [2.24, 2.45) is 0 Å². The first-order valence-electron chi connectivity index (χ1n) is 11.3. The molecule has 0 fully saturated rings. The maximum atomic E-state index is 12.8. The second-order valence-electron chi connectivity index (χ2n) is 8.17. The zero-order valence-electron chi connectivity index (χ0n) is 19.2. The summed E-state index contributed by atoms with van der Waals surface area (Å²) in [5.74, 6) is 0.175. The van der Waals surface area contributed by atoms with Crippen LogP contribution in [0.3, 0.4) is 0 Å². The monoisotopic (exact) mass is 442 g/mol. The summed E-state index contributed by atoms with van der Waals surface area (Å²) in [4.78, 5) is 32.0. The fraction of sp³-hybridized carbons (Fsp3) is 0.542. The molecule has 1 aliphatic rings. The summed E-state index contributed by atoms with van der Waals surface area (Å²) in [5.41, 5.74) is 5.09. The lowest BCUT2D eigenvalue weighted by molar-refractivity contribution is -0.113. The Labute approximate surface area is 189 Å². The van der Waals surface area contributed by atoms with E-state index in [1.54, 1.807) is 0 Å². The molecule has 6 nitrogen and oxygen atoms in total. The molecule has 0 bridgehead atoms. The predicted molar refractivity (Wildman–Crippen MR) is 128 cm³/mol. The minimum atomic E-state index is -0.183. The molecule has 0 unspecified atom stereocenters. The molecule has 0 saturated heterocycles. The van der Waals surface area contributed by atoms with Crippen molar-refractivity contribution in [3.63, 3.8) is 0 Å². The second-order valence-corrected chi connectivity index (χ2v) is 9.13. The molecule has 3 rings (SSSR count). The SMILES string of the molecule is CCN(CC)CCCn1c2c(c(SCC(=O)Nc3cc(C)ccc3C)nc1=O)CCC2. The van der Waals surface area contributed by atoms with Crippen LogP contribution in [0.4, 0.5) is 5.69 Å². The van der Waals surface area contributed by atoms with Gasteiger partial charge in [-0.3, -0.25) is 9.36 Å². The molecular weight excluding hydrogens is 408 g/mol. The van der Waals surface area contributed by atoms with Crippen LogP contribution in [0.2, 0.25) is 0 Å². The molecule has 0 spiro atoms. The topological polar surface area (TPSA) is 67.2 Å². The molecule has 0 radical (unpaired) electrons. The van der Waals surface area contributed by atoms with Crippen LogP contribution in [0.25, 0.3) is 0 Å². The lowest BCUT2D eigenvalue weighted by atomic mass is 10.1. The van der Waals surface area contributed by atoms with Crippen molar-refractivity contribution in [2.45, 2.75) is 64.9 Å². The van der Waals surface area contributed by atoms with Gasteiger partial charge in [0.1, 0.15) is 5.03 Å². The number of rotatable bonds is 10. The molecule has 0 atom stereocenters. The van der Waals surface area contributed by atoms with E-state index < -0.39 is 0 Å². The smallest absolute Gasteiger partial charge is 0.325 e. The summed E-state index contributed by atoms with van der Waals surface area (Å²) < 4.78 is 1.87. The van der Waals surface area contributed by atoms with Gasteiger partial charge in [0, 0.05) is 23.5 Å². The van der Waals surface area contributed by atoms with E-state index in [4.69, 9.17) is 0 Å². The number of nitrogens with zero attached hydrogens (tertiary/aromatic N) is 3. The van der Waals surface area contributed by atoms with E-state index >= 15 is 0 Å². The second kappa shape index (κ2) is 11.0. The standard InChI is InChI=1S/C24H34N4O2S/c1-5-27(6-2)13-8-14-28-21-10-7-9-19(21)23(26-24(28)30)31-16-22(29)25-20-15-17(3)11-12-18(20)4/h11-12,15H,5-10,13-14,16H2,1-4H3,(H,25,29). The number of amides is 1. The molecule has 0 aliphatic heterocycles. The third-order valence-electron chi connectivity index (χ3n) is 5.96. The summed E-state index contributed by atoms with van der Waals surface area (Å²) >= 11 is 1.38. The van der Waals surface area contributed by atoms with Gasteiger partial charge in [0.15, 0.2) is 0 Å². The Hall–Kier alpha value is -2.12. The molecule has 1 heterocycles. The molecule has 168 valence electrons. The van der Waals surface area contributed by atoms with Crippen molar-refractivity contribution in [2.75, 3.05) is 30.7 Å². The van der Waals surface area contributed by atoms with Crippen LogP contribution in [-0.4, -0.2) is 45.7 Å². The number of thioether (sulfide) groups is 1. The first kappa shape index (κ1) is 23.5. The molecular formula is C24H34N4O2S. The van der Waals surface area contributed by atoms with Gasteiger partial charge in [0.2, 0.25) is 5.91 Å². The number of anilines is 1. The highest BCUT2D eigenvalue weighted by Gasteiger charge is 2.22. The minimum Gasteiger partial charge on any atom is -0.325 e. The molecule has 1 aromatic heterocycles. The molecule has 1 N–H and O–H groups in total. The number of carbonyl (C=O) groups is 1. The zero-order valence-corrected chi connectivity index (χ0v) is 20.0. The number of hydrogen-bond acceptors (Lipinski definition) is 5. The van der Waals surface area contributed by atoms with E-state index in [9.17, 15) is 9.59 Å². The van der Waals surface area contributed by atoms with Gasteiger partial charge in [-0.05, 0) is 76.4 Å². The number of nitrogens with one attached hydrogen (secondary N) is 1. The molecule has 2 aromatic rings. The number of aryl methyl sites for hydroxylation is 2. The van der Waals surface area contributed by atoms with Crippen LogP contribution < -0.4 is 11.0 Å². The average molecular weight is 443 g/mol. The van der Waals surface area contributed by atoms with Gasteiger partial charge in [-0.15, -0.1) is 0 Å². The van der Waals surface area contributed by atoms with Crippen molar-refractivity contribution in [3.05, 3.63) is 51.1 Å². The Morgan fingerprint density at radius 3 is 2.74 bits per heavy atom. The predicted octanol–water partition coefficient (Wildman–Crippen LogP) is 3.81. The molecule has 0 saturated carbocycles.